The Balaban J connectivity index is 1.94. The Morgan fingerprint density at radius 1 is 1.25 bits per heavy atom. The second-order valence-corrected chi connectivity index (χ2v) is 5.50. The van der Waals surface area contributed by atoms with Crippen LogP contribution in [0, 0.1) is 11.6 Å². The lowest BCUT2D eigenvalue weighted by Gasteiger charge is -1.97. The first-order chi connectivity index (χ1) is 9.63. The van der Waals surface area contributed by atoms with E-state index in [-0.39, 0.29) is 21.9 Å². The molecular formula is C13H9F2N3OS. The predicted octanol–water partition coefficient (Wildman–Crippen LogP) is 2.54. The van der Waals surface area contributed by atoms with Crippen LogP contribution in [0.15, 0.2) is 41.7 Å². The molecular weight excluding hydrogens is 284 g/mol. The van der Waals surface area contributed by atoms with Gasteiger partial charge in [0.2, 0.25) is 0 Å². The van der Waals surface area contributed by atoms with Crippen molar-refractivity contribution in [2.24, 2.45) is 0 Å². The normalized spacial score (nSPS) is 12.7. The van der Waals surface area contributed by atoms with Crippen LogP contribution in [0.1, 0.15) is 5.69 Å². The van der Waals surface area contributed by atoms with Gasteiger partial charge >= 0.3 is 0 Å². The minimum Gasteiger partial charge on any atom is -0.331 e. The van der Waals surface area contributed by atoms with Crippen LogP contribution in [0.4, 0.5) is 8.78 Å². The van der Waals surface area contributed by atoms with E-state index in [1.807, 2.05) is 0 Å². The molecule has 20 heavy (non-hydrogen) atoms. The van der Waals surface area contributed by atoms with Crippen LogP contribution in [0.2, 0.25) is 0 Å². The molecule has 0 aliphatic rings. The number of hydrogen-bond donors (Lipinski definition) is 1. The predicted molar refractivity (Wildman–Crippen MR) is 70.4 cm³/mol. The van der Waals surface area contributed by atoms with Gasteiger partial charge in [0.15, 0.2) is 11.0 Å². The maximum atomic E-state index is 13.5. The van der Waals surface area contributed by atoms with Crippen LogP contribution in [0.3, 0.4) is 0 Å². The van der Waals surface area contributed by atoms with Crippen molar-refractivity contribution in [2.45, 2.75) is 10.9 Å². The zero-order chi connectivity index (χ0) is 14.1. The molecule has 1 aromatic carbocycles. The van der Waals surface area contributed by atoms with Gasteiger partial charge < -0.3 is 4.98 Å². The first-order valence-electron chi connectivity index (χ1n) is 5.76. The van der Waals surface area contributed by atoms with Crippen molar-refractivity contribution in [2.75, 3.05) is 0 Å². The van der Waals surface area contributed by atoms with Crippen LogP contribution in [-0.2, 0) is 16.6 Å². The van der Waals surface area contributed by atoms with Gasteiger partial charge in [-0.15, -0.1) is 0 Å². The van der Waals surface area contributed by atoms with E-state index in [4.69, 9.17) is 0 Å². The number of imidazole rings is 1. The summed E-state index contributed by atoms with van der Waals surface area (Å²) in [6.07, 6.45) is 1.60. The van der Waals surface area contributed by atoms with Gasteiger partial charge in [-0.2, -0.15) is 0 Å². The second kappa shape index (κ2) is 5.09. The van der Waals surface area contributed by atoms with Crippen molar-refractivity contribution in [3.63, 3.8) is 0 Å². The zero-order valence-electron chi connectivity index (χ0n) is 10.1. The van der Waals surface area contributed by atoms with Crippen molar-refractivity contribution in [3.05, 3.63) is 53.9 Å². The maximum Gasteiger partial charge on any atom is 0.197 e. The molecule has 0 bridgehead atoms. The van der Waals surface area contributed by atoms with E-state index in [0.29, 0.717) is 5.69 Å². The molecule has 0 fully saturated rings. The van der Waals surface area contributed by atoms with E-state index in [0.717, 1.165) is 12.1 Å². The molecule has 3 aromatic rings. The van der Waals surface area contributed by atoms with Gasteiger partial charge in [0.1, 0.15) is 11.3 Å². The van der Waals surface area contributed by atoms with Crippen LogP contribution in [0.25, 0.3) is 11.0 Å². The number of halogens is 2. The number of nitrogens with one attached hydrogen (secondary N) is 1. The molecule has 0 amide bonds. The number of rotatable bonds is 3. The quantitative estimate of drug-likeness (QED) is 0.807. The summed E-state index contributed by atoms with van der Waals surface area (Å²) in [4.78, 5) is 10.7. The molecule has 7 heteroatoms. The first-order valence-corrected chi connectivity index (χ1v) is 7.08. The summed E-state index contributed by atoms with van der Waals surface area (Å²) in [5, 5.41) is 0.107. The number of H-pyrrole nitrogens is 1. The Bertz CT molecular complexity index is 789. The highest BCUT2D eigenvalue weighted by atomic mass is 32.2. The summed E-state index contributed by atoms with van der Waals surface area (Å²) >= 11 is 0. The Kier molecular flexibility index (Phi) is 3.27. The van der Waals surface area contributed by atoms with E-state index in [1.165, 1.54) is 0 Å². The molecule has 0 radical (unpaired) electrons. The Morgan fingerprint density at radius 3 is 2.85 bits per heavy atom. The van der Waals surface area contributed by atoms with Gasteiger partial charge in [0.25, 0.3) is 0 Å². The van der Waals surface area contributed by atoms with Crippen molar-refractivity contribution in [1.29, 1.82) is 0 Å². The lowest BCUT2D eigenvalue weighted by molar-refractivity contribution is 0.590. The first kappa shape index (κ1) is 12.9. The fourth-order valence-corrected chi connectivity index (χ4v) is 2.81. The lowest BCUT2D eigenvalue weighted by Crippen LogP contribution is -2.00. The Hall–Kier alpha value is -2.15. The van der Waals surface area contributed by atoms with Crippen LogP contribution in [-0.4, -0.2) is 19.2 Å². The fourth-order valence-electron chi connectivity index (χ4n) is 1.81. The largest absolute Gasteiger partial charge is 0.331 e. The summed E-state index contributed by atoms with van der Waals surface area (Å²) in [6, 6.07) is 7.14. The molecule has 1 N–H and O–H groups in total. The number of hydrogen-bond acceptors (Lipinski definition) is 3. The van der Waals surface area contributed by atoms with Gasteiger partial charge in [-0.1, -0.05) is 6.07 Å². The van der Waals surface area contributed by atoms with Crippen LogP contribution >= 0.6 is 0 Å². The van der Waals surface area contributed by atoms with Crippen molar-refractivity contribution >= 4 is 21.8 Å². The standard InChI is InChI=1S/C13H9F2N3OS/c14-8-5-10(15)12-11(6-8)17-13(18-12)20(19)7-9-3-1-2-4-16-9/h1-6H,7H2,(H,17,18). The van der Waals surface area contributed by atoms with Gasteiger partial charge in [0, 0.05) is 12.3 Å². The van der Waals surface area contributed by atoms with E-state index in [9.17, 15) is 13.0 Å². The number of fused-ring (bicyclic) bond motifs is 1. The average molecular weight is 293 g/mol. The Labute approximate surface area is 115 Å². The van der Waals surface area contributed by atoms with Gasteiger partial charge in [-0.05, 0) is 18.2 Å². The summed E-state index contributed by atoms with van der Waals surface area (Å²) in [6.45, 7) is 0. The van der Waals surface area contributed by atoms with Crippen molar-refractivity contribution < 1.29 is 13.0 Å². The minimum atomic E-state index is -1.50. The minimum absolute atomic E-state index is 0.0178. The molecule has 0 aliphatic carbocycles. The lowest BCUT2D eigenvalue weighted by atomic mass is 10.3. The van der Waals surface area contributed by atoms with E-state index >= 15 is 0 Å². The van der Waals surface area contributed by atoms with E-state index in [2.05, 4.69) is 15.0 Å². The third kappa shape index (κ3) is 2.44. The van der Waals surface area contributed by atoms with Crippen molar-refractivity contribution in [3.8, 4) is 0 Å². The molecule has 0 saturated carbocycles. The molecule has 0 aliphatic heterocycles. The van der Waals surface area contributed by atoms with Crippen molar-refractivity contribution in [1.82, 2.24) is 15.0 Å². The molecule has 102 valence electrons. The average Bonchev–Trinajstić information content (AvgIpc) is 2.84. The third-order valence-corrected chi connectivity index (χ3v) is 3.89. The molecule has 0 saturated heterocycles. The molecule has 4 nitrogen and oxygen atoms in total. The highest BCUT2D eigenvalue weighted by Gasteiger charge is 2.14. The zero-order valence-corrected chi connectivity index (χ0v) is 11.0. The highest BCUT2D eigenvalue weighted by molar-refractivity contribution is 7.84. The SMILES string of the molecule is O=S(Cc1ccccn1)c1nc2c(F)cc(F)cc2[nH]1. The molecule has 1 unspecified atom stereocenters. The van der Waals surface area contributed by atoms with Crippen LogP contribution < -0.4 is 0 Å². The van der Waals surface area contributed by atoms with Gasteiger partial charge in [-0.3, -0.25) is 9.19 Å². The van der Waals surface area contributed by atoms with E-state index < -0.39 is 22.4 Å². The van der Waals surface area contributed by atoms with Gasteiger partial charge in [0.05, 0.1) is 27.8 Å². The smallest absolute Gasteiger partial charge is 0.197 e. The monoisotopic (exact) mass is 293 g/mol. The number of benzene rings is 1. The topological polar surface area (TPSA) is 58.6 Å². The molecule has 1 atom stereocenters. The number of aromatic nitrogens is 3. The highest BCUT2D eigenvalue weighted by Crippen LogP contribution is 2.19. The van der Waals surface area contributed by atoms with E-state index in [1.54, 1.807) is 24.4 Å². The Morgan fingerprint density at radius 2 is 2.10 bits per heavy atom. The molecule has 3 rings (SSSR count). The summed E-state index contributed by atoms with van der Waals surface area (Å²) in [7, 11) is -1.50. The summed E-state index contributed by atoms with van der Waals surface area (Å²) in [5.41, 5.74) is 0.806. The van der Waals surface area contributed by atoms with Gasteiger partial charge in [-0.25, -0.2) is 13.8 Å². The second-order valence-electron chi connectivity index (χ2n) is 4.14. The third-order valence-electron chi connectivity index (χ3n) is 2.70. The maximum absolute atomic E-state index is 13.5. The number of nitrogens with zero attached hydrogens (tertiary/aromatic N) is 2. The molecule has 0 spiro atoms. The fraction of sp³-hybridized carbons (Fsp3) is 0.0769. The molecule has 2 heterocycles. The summed E-state index contributed by atoms with van der Waals surface area (Å²) in [5.74, 6) is -1.33. The number of aromatic amines is 1. The molecule has 2 aromatic heterocycles. The summed E-state index contributed by atoms with van der Waals surface area (Å²) < 4.78 is 38.7. The van der Waals surface area contributed by atoms with Crippen LogP contribution in [0.5, 0.6) is 0 Å². The number of pyridine rings is 1.